The van der Waals surface area contributed by atoms with E-state index >= 15 is 0 Å². The van der Waals surface area contributed by atoms with Gasteiger partial charge in [-0.1, -0.05) is 5.16 Å². The maximum atomic E-state index is 10.6. The summed E-state index contributed by atoms with van der Waals surface area (Å²) in [5.74, 6) is -1.00. The molecule has 0 saturated heterocycles. The van der Waals surface area contributed by atoms with E-state index < -0.39 is 5.97 Å². The molecule has 0 fully saturated rings. The molecule has 6 nitrogen and oxygen atoms in total. The Morgan fingerprint density at radius 3 is 3.00 bits per heavy atom. The standard InChI is InChI=1S/C7H4N2O4/c10-7(11)5-6(12-3-8-5)4-1-9-13-2-4/h1-3H,(H,10,11). The second-order valence-electron chi connectivity index (χ2n) is 2.25. The molecule has 1 N–H and O–H groups in total. The highest BCUT2D eigenvalue weighted by atomic mass is 16.5. The van der Waals surface area contributed by atoms with Gasteiger partial charge in [0.15, 0.2) is 17.8 Å². The van der Waals surface area contributed by atoms with E-state index in [4.69, 9.17) is 9.52 Å². The minimum absolute atomic E-state index is 0.147. The highest BCUT2D eigenvalue weighted by Gasteiger charge is 2.18. The van der Waals surface area contributed by atoms with Crippen LogP contribution in [0.4, 0.5) is 0 Å². The van der Waals surface area contributed by atoms with Gasteiger partial charge in [-0.2, -0.15) is 0 Å². The van der Waals surface area contributed by atoms with E-state index in [1.165, 1.54) is 12.5 Å². The van der Waals surface area contributed by atoms with Gasteiger partial charge in [-0.3, -0.25) is 0 Å². The maximum absolute atomic E-state index is 10.6. The number of oxazole rings is 1. The normalized spacial score (nSPS) is 10.2. The summed E-state index contributed by atoms with van der Waals surface area (Å²) >= 11 is 0. The minimum Gasteiger partial charge on any atom is -0.476 e. The lowest BCUT2D eigenvalue weighted by Crippen LogP contribution is -1.97. The van der Waals surface area contributed by atoms with E-state index in [2.05, 4.69) is 14.7 Å². The van der Waals surface area contributed by atoms with Gasteiger partial charge in [-0.15, -0.1) is 0 Å². The first-order valence-corrected chi connectivity index (χ1v) is 3.35. The topological polar surface area (TPSA) is 89.4 Å². The molecule has 0 aliphatic heterocycles. The first-order chi connectivity index (χ1) is 6.29. The van der Waals surface area contributed by atoms with E-state index in [1.54, 1.807) is 0 Å². The zero-order chi connectivity index (χ0) is 9.26. The van der Waals surface area contributed by atoms with Crippen molar-refractivity contribution in [1.82, 2.24) is 10.1 Å². The number of carboxylic acids is 1. The lowest BCUT2D eigenvalue weighted by Gasteiger charge is -1.89. The number of hydrogen-bond donors (Lipinski definition) is 1. The molecule has 0 bridgehead atoms. The number of carboxylic acid groups (broad SMARTS) is 1. The Hall–Kier alpha value is -2.11. The molecule has 2 aromatic heterocycles. The average molecular weight is 180 g/mol. The number of aromatic carboxylic acids is 1. The fraction of sp³-hybridized carbons (Fsp3) is 0. The summed E-state index contributed by atoms with van der Waals surface area (Å²) in [4.78, 5) is 14.1. The monoisotopic (exact) mass is 180 g/mol. The second kappa shape index (κ2) is 2.74. The molecule has 0 spiro atoms. The van der Waals surface area contributed by atoms with Crippen LogP contribution < -0.4 is 0 Å². The third-order valence-corrected chi connectivity index (χ3v) is 1.46. The van der Waals surface area contributed by atoms with Crippen molar-refractivity contribution in [3.05, 3.63) is 24.5 Å². The fourth-order valence-electron chi connectivity index (χ4n) is 0.920. The third-order valence-electron chi connectivity index (χ3n) is 1.46. The van der Waals surface area contributed by atoms with Crippen molar-refractivity contribution in [3.8, 4) is 11.3 Å². The Labute approximate surface area is 71.8 Å². The van der Waals surface area contributed by atoms with Crippen LogP contribution in [0.1, 0.15) is 10.5 Å². The molecule has 66 valence electrons. The second-order valence-corrected chi connectivity index (χ2v) is 2.25. The van der Waals surface area contributed by atoms with E-state index in [9.17, 15) is 4.79 Å². The van der Waals surface area contributed by atoms with Gasteiger partial charge in [-0.05, 0) is 0 Å². The van der Waals surface area contributed by atoms with Gasteiger partial charge >= 0.3 is 5.97 Å². The molecule has 2 heterocycles. The molecule has 0 aromatic carbocycles. The quantitative estimate of drug-likeness (QED) is 0.742. The molecule has 0 radical (unpaired) electrons. The van der Waals surface area contributed by atoms with Crippen LogP contribution in [0.5, 0.6) is 0 Å². The Kier molecular flexibility index (Phi) is 1.59. The van der Waals surface area contributed by atoms with Gasteiger partial charge in [0, 0.05) is 0 Å². The molecular weight excluding hydrogens is 176 g/mol. The van der Waals surface area contributed by atoms with E-state index in [0.29, 0.717) is 5.56 Å². The largest absolute Gasteiger partial charge is 0.476 e. The first-order valence-electron chi connectivity index (χ1n) is 3.35. The molecule has 13 heavy (non-hydrogen) atoms. The molecule has 2 aromatic rings. The smallest absolute Gasteiger partial charge is 0.358 e. The Morgan fingerprint density at radius 1 is 1.54 bits per heavy atom. The SMILES string of the molecule is O=C(O)c1ncoc1-c1cnoc1. The number of nitrogens with zero attached hydrogens (tertiary/aromatic N) is 2. The van der Waals surface area contributed by atoms with Crippen molar-refractivity contribution >= 4 is 5.97 Å². The van der Waals surface area contributed by atoms with Crippen molar-refractivity contribution < 1.29 is 18.8 Å². The molecule has 0 aliphatic rings. The predicted octanol–water partition coefficient (Wildman–Crippen LogP) is 1.03. The van der Waals surface area contributed by atoms with Gasteiger partial charge in [0.05, 0.1) is 11.8 Å². The summed E-state index contributed by atoms with van der Waals surface area (Å²) in [6, 6.07) is 0. The summed E-state index contributed by atoms with van der Waals surface area (Å²) < 4.78 is 9.42. The van der Waals surface area contributed by atoms with E-state index in [-0.39, 0.29) is 11.5 Å². The Balaban J connectivity index is 2.52. The molecule has 0 amide bonds. The number of hydrogen-bond acceptors (Lipinski definition) is 5. The minimum atomic E-state index is -1.15. The molecule has 0 aliphatic carbocycles. The Bertz CT molecular complexity index is 417. The summed E-state index contributed by atoms with van der Waals surface area (Å²) in [5, 5.41) is 12.1. The van der Waals surface area contributed by atoms with Crippen LogP contribution in [-0.2, 0) is 0 Å². The lowest BCUT2D eigenvalue weighted by atomic mass is 10.2. The number of carbonyl (C=O) groups is 1. The first kappa shape index (κ1) is 7.53. The summed E-state index contributed by atoms with van der Waals surface area (Å²) in [7, 11) is 0. The molecular formula is C7H4N2O4. The van der Waals surface area contributed by atoms with E-state index in [0.717, 1.165) is 6.39 Å². The molecule has 0 unspecified atom stereocenters. The molecule has 0 saturated carbocycles. The van der Waals surface area contributed by atoms with Crippen LogP contribution in [0, 0.1) is 0 Å². The maximum Gasteiger partial charge on any atom is 0.358 e. The van der Waals surface area contributed by atoms with Crippen LogP contribution in [0.25, 0.3) is 11.3 Å². The highest BCUT2D eigenvalue weighted by molar-refractivity contribution is 5.91. The van der Waals surface area contributed by atoms with Crippen LogP contribution in [0.3, 0.4) is 0 Å². The van der Waals surface area contributed by atoms with Gasteiger partial charge in [-0.25, -0.2) is 9.78 Å². The van der Waals surface area contributed by atoms with Crippen LogP contribution in [0.2, 0.25) is 0 Å². The molecule has 6 heteroatoms. The summed E-state index contributed by atoms with van der Waals surface area (Å²) in [5.41, 5.74) is 0.304. The van der Waals surface area contributed by atoms with Crippen LogP contribution in [-0.4, -0.2) is 21.2 Å². The molecule has 0 atom stereocenters. The van der Waals surface area contributed by atoms with Crippen molar-refractivity contribution in [3.63, 3.8) is 0 Å². The van der Waals surface area contributed by atoms with Crippen molar-refractivity contribution in [1.29, 1.82) is 0 Å². The predicted molar refractivity (Wildman–Crippen MR) is 39.0 cm³/mol. The molecule has 2 rings (SSSR count). The van der Waals surface area contributed by atoms with E-state index in [1.807, 2.05) is 0 Å². The van der Waals surface area contributed by atoms with Gasteiger partial charge < -0.3 is 14.0 Å². The lowest BCUT2D eigenvalue weighted by molar-refractivity contribution is 0.0691. The zero-order valence-corrected chi connectivity index (χ0v) is 6.30. The number of rotatable bonds is 2. The van der Waals surface area contributed by atoms with Gasteiger partial charge in [0.1, 0.15) is 6.26 Å². The third kappa shape index (κ3) is 1.18. The Morgan fingerprint density at radius 2 is 2.38 bits per heavy atom. The number of aromatic nitrogens is 2. The van der Waals surface area contributed by atoms with Crippen LogP contribution >= 0.6 is 0 Å². The van der Waals surface area contributed by atoms with Crippen molar-refractivity contribution in [2.45, 2.75) is 0 Å². The average Bonchev–Trinajstić information content (AvgIpc) is 2.74. The fourth-order valence-corrected chi connectivity index (χ4v) is 0.920. The summed E-state index contributed by atoms with van der Waals surface area (Å²) in [6.07, 6.45) is 3.70. The zero-order valence-electron chi connectivity index (χ0n) is 6.30. The van der Waals surface area contributed by atoms with Gasteiger partial charge in [0.2, 0.25) is 0 Å². The van der Waals surface area contributed by atoms with Crippen molar-refractivity contribution in [2.75, 3.05) is 0 Å². The van der Waals surface area contributed by atoms with Crippen LogP contribution in [0.15, 0.2) is 27.8 Å². The highest BCUT2D eigenvalue weighted by Crippen LogP contribution is 2.21. The van der Waals surface area contributed by atoms with Gasteiger partial charge in [0.25, 0.3) is 0 Å². The van der Waals surface area contributed by atoms with Crippen molar-refractivity contribution in [2.24, 2.45) is 0 Å². The summed E-state index contributed by atoms with van der Waals surface area (Å²) in [6.45, 7) is 0.